The Balaban J connectivity index is 2.74. The van der Waals surface area contributed by atoms with E-state index in [0.717, 1.165) is 24.6 Å². The minimum Gasteiger partial charge on any atom is -0.229 e. The third-order valence-electron chi connectivity index (χ3n) is 4.24. The molecule has 0 saturated heterocycles. The van der Waals surface area contributed by atoms with E-state index in [9.17, 15) is 8.42 Å². The molecule has 0 aliphatic heterocycles. The van der Waals surface area contributed by atoms with Gasteiger partial charge in [-0.15, -0.1) is 0 Å². The first kappa shape index (κ1) is 16.5. The molecule has 2 nitrogen and oxygen atoms in total. The molecule has 108 valence electrons. The number of rotatable bonds is 4. The summed E-state index contributed by atoms with van der Waals surface area (Å²) in [5.41, 5.74) is 0.0385. The van der Waals surface area contributed by atoms with Gasteiger partial charge in [-0.1, -0.05) is 56.5 Å². The van der Waals surface area contributed by atoms with E-state index in [1.54, 1.807) is 0 Å². The van der Waals surface area contributed by atoms with E-state index in [1.165, 1.54) is 6.42 Å². The van der Waals surface area contributed by atoms with Crippen LogP contribution in [0.3, 0.4) is 0 Å². The summed E-state index contributed by atoms with van der Waals surface area (Å²) in [6, 6.07) is 0. The van der Waals surface area contributed by atoms with Crippen LogP contribution in [0.15, 0.2) is 0 Å². The van der Waals surface area contributed by atoms with E-state index in [-0.39, 0.29) is 16.6 Å². The Hall–Kier alpha value is 0.430. The van der Waals surface area contributed by atoms with Gasteiger partial charge in [0.2, 0.25) is 0 Å². The molecule has 3 unspecified atom stereocenters. The summed E-state index contributed by atoms with van der Waals surface area (Å²) in [6.07, 6.45) is 3.99. The second-order valence-corrected chi connectivity index (χ2v) is 9.91. The SMILES string of the molecule is CC1CCCC(S(=O)(=O)CC(CBr)C(C)(C)C)C1. The van der Waals surface area contributed by atoms with Gasteiger partial charge >= 0.3 is 0 Å². The van der Waals surface area contributed by atoms with Gasteiger partial charge in [-0.2, -0.15) is 0 Å². The lowest BCUT2D eigenvalue weighted by molar-refractivity contribution is 0.289. The van der Waals surface area contributed by atoms with E-state index in [0.29, 0.717) is 11.7 Å². The van der Waals surface area contributed by atoms with Crippen LogP contribution < -0.4 is 0 Å². The van der Waals surface area contributed by atoms with Crippen LogP contribution in [0.25, 0.3) is 0 Å². The van der Waals surface area contributed by atoms with Crippen LogP contribution in [0.2, 0.25) is 0 Å². The molecular weight excluding hydrogens is 312 g/mol. The van der Waals surface area contributed by atoms with Crippen LogP contribution in [0.1, 0.15) is 53.4 Å². The second-order valence-electron chi connectivity index (χ2n) is 6.94. The Morgan fingerprint density at radius 3 is 2.33 bits per heavy atom. The van der Waals surface area contributed by atoms with E-state index >= 15 is 0 Å². The van der Waals surface area contributed by atoms with Crippen molar-refractivity contribution in [3.05, 3.63) is 0 Å². The summed E-state index contributed by atoms with van der Waals surface area (Å²) >= 11 is 3.48. The number of hydrogen-bond donors (Lipinski definition) is 0. The molecule has 1 saturated carbocycles. The van der Waals surface area contributed by atoms with Crippen LogP contribution in [0.4, 0.5) is 0 Å². The van der Waals surface area contributed by atoms with Gasteiger partial charge in [0, 0.05) is 5.33 Å². The summed E-state index contributed by atoms with van der Waals surface area (Å²) in [6.45, 7) is 8.54. The Morgan fingerprint density at radius 1 is 1.28 bits per heavy atom. The van der Waals surface area contributed by atoms with Gasteiger partial charge in [0.25, 0.3) is 0 Å². The summed E-state index contributed by atoms with van der Waals surface area (Å²) in [4.78, 5) is 0. The average molecular weight is 339 g/mol. The van der Waals surface area contributed by atoms with Crippen molar-refractivity contribution in [2.45, 2.75) is 58.6 Å². The summed E-state index contributed by atoms with van der Waals surface area (Å²) in [7, 11) is -2.94. The van der Waals surface area contributed by atoms with Crippen molar-refractivity contribution < 1.29 is 8.42 Å². The predicted octanol–water partition coefficient (Wildman–Crippen LogP) is 4.04. The van der Waals surface area contributed by atoms with E-state index in [1.807, 2.05) is 0 Å². The van der Waals surface area contributed by atoms with Gasteiger partial charge in [-0.25, -0.2) is 8.42 Å². The normalized spacial score (nSPS) is 28.1. The summed E-state index contributed by atoms with van der Waals surface area (Å²) in [5, 5.41) is 0.669. The molecule has 0 spiro atoms. The molecule has 1 fully saturated rings. The lowest BCUT2D eigenvalue weighted by Gasteiger charge is -2.32. The summed E-state index contributed by atoms with van der Waals surface area (Å²) < 4.78 is 25.1. The first-order valence-corrected chi connectivity index (χ1v) is 9.78. The van der Waals surface area contributed by atoms with Gasteiger partial charge in [-0.3, -0.25) is 0 Å². The first-order valence-electron chi connectivity index (χ1n) is 6.94. The molecule has 18 heavy (non-hydrogen) atoms. The third kappa shape index (κ3) is 4.52. The molecule has 0 N–H and O–H groups in total. The van der Waals surface area contributed by atoms with Crippen molar-refractivity contribution in [2.75, 3.05) is 11.1 Å². The molecule has 4 heteroatoms. The lowest BCUT2D eigenvalue weighted by Crippen LogP contribution is -2.36. The molecule has 0 aromatic rings. The third-order valence-corrected chi connectivity index (χ3v) is 7.33. The molecule has 0 amide bonds. The Labute approximate surface area is 121 Å². The van der Waals surface area contributed by atoms with Crippen molar-refractivity contribution in [1.82, 2.24) is 0 Å². The van der Waals surface area contributed by atoms with E-state index in [4.69, 9.17) is 0 Å². The smallest absolute Gasteiger partial charge is 0.153 e. The maximum absolute atomic E-state index is 12.5. The number of hydrogen-bond acceptors (Lipinski definition) is 2. The second kappa shape index (κ2) is 6.25. The highest BCUT2D eigenvalue weighted by atomic mass is 79.9. The molecular formula is C14H27BrO2S. The number of alkyl halides is 1. The minimum absolute atomic E-state index is 0.0385. The molecule has 0 radical (unpaired) electrons. The monoisotopic (exact) mass is 338 g/mol. The van der Waals surface area contributed by atoms with E-state index in [2.05, 4.69) is 43.6 Å². The highest BCUT2D eigenvalue weighted by Crippen LogP contribution is 2.33. The van der Waals surface area contributed by atoms with Crippen molar-refractivity contribution in [1.29, 1.82) is 0 Å². The van der Waals surface area contributed by atoms with Gasteiger partial charge in [-0.05, 0) is 30.1 Å². The van der Waals surface area contributed by atoms with Gasteiger partial charge in [0.05, 0.1) is 11.0 Å². The predicted molar refractivity (Wildman–Crippen MR) is 81.9 cm³/mol. The quantitative estimate of drug-likeness (QED) is 0.725. The molecule has 0 heterocycles. The molecule has 1 aliphatic rings. The Morgan fingerprint density at radius 2 is 1.89 bits per heavy atom. The largest absolute Gasteiger partial charge is 0.229 e. The number of halogens is 1. The fourth-order valence-electron chi connectivity index (χ4n) is 2.65. The topological polar surface area (TPSA) is 34.1 Å². The van der Waals surface area contributed by atoms with Crippen molar-refractivity contribution in [3.8, 4) is 0 Å². The van der Waals surface area contributed by atoms with Gasteiger partial charge < -0.3 is 0 Å². The Bertz CT molecular complexity index is 356. The Kier molecular flexibility index (Phi) is 5.73. The summed E-state index contributed by atoms with van der Waals surface area (Å²) in [5.74, 6) is 1.09. The zero-order chi connectivity index (χ0) is 14.0. The van der Waals surface area contributed by atoms with Crippen LogP contribution in [-0.4, -0.2) is 24.8 Å². The highest BCUT2D eigenvalue weighted by Gasteiger charge is 2.35. The fourth-order valence-corrected chi connectivity index (χ4v) is 6.75. The molecule has 0 aromatic carbocycles. The molecule has 0 bridgehead atoms. The van der Waals surface area contributed by atoms with Crippen LogP contribution >= 0.6 is 15.9 Å². The van der Waals surface area contributed by atoms with Gasteiger partial charge in [0.1, 0.15) is 0 Å². The van der Waals surface area contributed by atoms with Crippen molar-refractivity contribution >= 4 is 25.8 Å². The zero-order valence-electron chi connectivity index (χ0n) is 12.1. The molecule has 1 rings (SSSR count). The van der Waals surface area contributed by atoms with Crippen LogP contribution in [-0.2, 0) is 9.84 Å². The maximum Gasteiger partial charge on any atom is 0.153 e. The average Bonchev–Trinajstić information content (AvgIpc) is 2.24. The molecule has 3 atom stereocenters. The zero-order valence-corrected chi connectivity index (χ0v) is 14.5. The molecule has 1 aliphatic carbocycles. The lowest BCUT2D eigenvalue weighted by atomic mass is 9.83. The standard InChI is InChI=1S/C14H27BrO2S/c1-11-6-5-7-13(8-11)18(16,17)10-12(9-15)14(2,3)4/h11-13H,5-10H2,1-4H3. The van der Waals surface area contributed by atoms with Crippen LogP contribution in [0.5, 0.6) is 0 Å². The van der Waals surface area contributed by atoms with Crippen molar-refractivity contribution in [3.63, 3.8) is 0 Å². The highest BCUT2D eigenvalue weighted by molar-refractivity contribution is 9.09. The number of sulfone groups is 1. The minimum atomic E-state index is -2.94. The van der Waals surface area contributed by atoms with E-state index < -0.39 is 9.84 Å². The van der Waals surface area contributed by atoms with Crippen LogP contribution in [0, 0.1) is 17.3 Å². The van der Waals surface area contributed by atoms with Crippen molar-refractivity contribution in [2.24, 2.45) is 17.3 Å². The fraction of sp³-hybridized carbons (Fsp3) is 1.00. The first-order chi connectivity index (χ1) is 8.16. The maximum atomic E-state index is 12.5. The van der Waals surface area contributed by atoms with Gasteiger partial charge in [0.15, 0.2) is 9.84 Å². The molecule has 0 aromatic heterocycles.